The zero-order valence-electron chi connectivity index (χ0n) is 12.7. The summed E-state index contributed by atoms with van der Waals surface area (Å²) in [7, 11) is 0. The Morgan fingerprint density at radius 2 is 2.00 bits per heavy atom. The van der Waals surface area contributed by atoms with Crippen LogP contribution in [-0.4, -0.2) is 12.4 Å². The number of ketones is 1. The van der Waals surface area contributed by atoms with Crippen molar-refractivity contribution in [2.75, 3.05) is 6.61 Å². The van der Waals surface area contributed by atoms with Crippen LogP contribution in [0.15, 0.2) is 24.3 Å². The van der Waals surface area contributed by atoms with Gasteiger partial charge >= 0.3 is 0 Å². The lowest BCUT2D eigenvalue weighted by molar-refractivity contribution is 0.0925. The van der Waals surface area contributed by atoms with Gasteiger partial charge < -0.3 is 4.74 Å². The second-order valence-corrected chi connectivity index (χ2v) is 7.11. The van der Waals surface area contributed by atoms with Crippen molar-refractivity contribution < 1.29 is 9.53 Å². The molecule has 2 rings (SSSR count). The number of carbonyl (C=O) groups excluding carboxylic acids is 1. The first-order valence-electron chi connectivity index (χ1n) is 6.91. The van der Waals surface area contributed by atoms with Gasteiger partial charge in [-0.05, 0) is 55.2 Å². The molecule has 112 valence electrons. The van der Waals surface area contributed by atoms with Crippen LogP contribution in [0, 0.1) is 13.8 Å². The number of rotatable bonds is 5. The molecule has 0 radical (unpaired) electrons. The summed E-state index contributed by atoms with van der Waals surface area (Å²) in [5, 5.41) is 0.745. The summed E-state index contributed by atoms with van der Waals surface area (Å²) in [5.74, 6) is 1.05. The molecule has 0 aliphatic heterocycles. The number of Topliss-reactive ketones (excluding diaryl/α,β-unsaturated/α-hetero) is 1. The summed E-state index contributed by atoms with van der Waals surface area (Å²) < 4.78 is 5.71. The van der Waals surface area contributed by atoms with Gasteiger partial charge in [-0.3, -0.25) is 4.79 Å². The molecule has 0 atom stereocenters. The SMILES string of the molecule is Cc1ccc(C(=O)COc2cc(C(C)C)c(Cl)cc2C)s1. The van der Waals surface area contributed by atoms with E-state index in [1.807, 2.05) is 38.1 Å². The average molecular weight is 323 g/mol. The Morgan fingerprint density at radius 1 is 1.29 bits per heavy atom. The van der Waals surface area contributed by atoms with Crippen LogP contribution in [0.25, 0.3) is 0 Å². The molecule has 0 saturated carbocycles. The largest absolute Gasteiger partial charge is 0.485 e. The van der Waals surface area contributed by atoms with Gasteiger partial charge in [-0.2, -0.15) is 0 Å². The van der Waals surface area contributed by atoms with E-state index in [0.717, 1.165) is 31.7 Å². The fourth-order valence-electron chi connectivity index (χ4n) is 2.07. The van der Waals surface area contributed by atoms with Crippen molar-refractivity contribution in [2.45, 2.75) is 33.6 Å². The summed E-state index contributed by atoms with van der Waals surface area (Å²) in [6.45, 7) is 8.14. The predicted octanol–water partition coefficient (Wildman–Crippen LogP) is 5.40. The van der Waals surface area contributed by atoms with Crippen molar-refractivity contribution in [3.63, 3.8) is 0 Å². The number of thiophene rings is 1. The third kappa shape index (κ3) is 3.86. The fraction of sp³-hybridized carbons (Fsp3) is 0.353. The number of benzene rings is 1. The van der Waals surface area contributed by atoms with Crippen molar-refractivity contribution in [3.8, 4) is 5.75 Å². The minimum absolute atomic E-state index is 0.00791. The minimum atomic E-state index is 0.00791. The zero-order valence-corrected chi connectivity index (χ0v) is 14.3. The van der Waals surface area contributed by atoms with Crippen molar-refractivity contribution in [3.05, 3.63) is 50.2 Å². The number of aryl methyl sites for hydroxylation is 2. The molecule has 0 N–H and O–H groups in total. The van der Waals surface area contributed by atoms with Crippen molar-refractivity contribution in [1.82, 2.24) is 0 Å². The second-order valence-electron chi connectivity index (χ2n) is 5.42. The van der Waals surface area contributed by atoms with Gasteiger partial charge in [-0.25, -0.2) is 0 Å². The summed E-state index contributed by atoms with van der Waals surface area (Å²) in [5.41, 5.74) is 1.98. The fourth-order valence-corrected chi connectivity index (χ4v) is 3.29. The van der Waals surface area contributed by atoms with Crippen LogP contribution in [-0.2, 0) is 0 Å². The molecular weight excluding hydrogens is 304 g/mol. The molecule has 0 saturated heterocycles. The highest BCUT2D eigenvalue weighted by Crippen LogP contribution is 2.31. The van der Waals surface area contributed by atoms with Crippen LogP contribution < -0.4 is 4.74 Å². The highest BCUT2D eigenvalue weighted by molar-refractivity contribution is 7.14. The number of ether oxygens (including phenoxy) is 1. The lowest BCUT2D eigenvalue weighted by Gasteiger charge is -2.14. The highest BCUT2D eigenvalue weighted by atomic mass is 35.5. The Kier molecular flexibility index (Phi) is 5.07. The van der Waals surface area contributed by atoms with Crippen molar-refractivity contribution >= 4 is 28.7 Å². The number of hydrogen-bond donors (Lipinski definition) is 0. The Bertz CT molecular complexity index is 659. The highest BCUT2D eigenvalue weighted by Gasteiger charge is 2.13. The van der Waals surface area contributed by atoms with Gasteiger partial charge in [0.25, 0.3) is 0 Å². The molecule has 0 bridgehead atoms. The molecule has 4 heteroatoms. The lowest BCUT2D eigenvalue weighted by atomic mass is 10.0. The molecule has 0 aliphatic rings. The average Bonchev–Trinajstić information content (AvgIpc) is 2.83. The van der Waals surface area contributed by atoms with Crippen LogP contribution in [0.2, 0.25) is 5.02 Å². The molecule has 21 heavy (non-hydrogen) atoms. The van der Waals surface area contributed by atoms with Crippen LogP contribution in [0.5, 0.6) is 5.75 Å². The Morgan fingerprint density at radius 3 is 2.57 bits per heavy atom. The van der Waals surface area contributed by atoms with E-state index in [2.05, 4.69) is 13.8 Å². The van der Waals surface area contributed by atoms with Gasteiger partial charge in [0.2, 0.25) is 5.78 Å². The molecule has 0 unspecified atom stereocenters. The van der Waals surface area contributed by atoms with E-state index in [-0.39, 0.29) is 12.4 Å². The summed E-state index contributed by atoms with van der Waals surface area (Å²) in [6.07, 6.45) is 0. The molecule has 0 amide bonds. The van der Waals surface area contributed by atoms with Crippen LogP contribution in [0.3, 0.4) is 0 Å². The van der Waals surface area contributed by atoms with Gasteiger partial charge in [0.15, 0.2) is 6.61 Å². The van der Waals surface area contributed by atoms with Crippen molar-refractivity contribution in [2.24, 2.45) is 0 Å². The molecule has 2 nitrogen and oxygen atoms in total. The molecular formula is C17H19ClO2S. The van der Waals surface area contributed by atoms with Crippen molar-refractivity contribution in [1.29, 1.82) is 0 Å². The summed E-state index contributed by atoms with van der Waals surface area (Å²) in [6, 6.07) is 7.63. The minimum Gasteiger partial charge on any atom is -0.485 e. The van der Waals surface area contributed by atoms with Gasteiger partial charge in [0, 0.05) is 9.90 Å². The number of hydrogen-bond acceptors (Lipinski definition) is 3. The summed E-state index contributed by atoms with van der Waals surface area (Å²) >= 11 is 7.73. The van der Waals surface area contributed by atoms with E-state index >= 15 is 0 Å². The Labute approximate surface area is 134 Å². The van der Waals surface area contributed by atoms with E-state index in [9.17, 15) is 4.79 Å². The summed E-state index contributed by atoms with van der Waals surface area (Å²) in [4.78, 5) is 14.0. The zero-order chi connectivity index (χ0) is 15.6. The maximum atomic E-state index is 12.1. The normalized spacial score (nSPS) is 11.0. The number of carbonyl (C=O) groups is 1. The third-order valence-corrected chi connectivity index (χ3v) is 4.66. The van der Waals surface area contributed by atoms with E-state index in [1.165, 1.54) is 11.3 Å². The first kappa shape index (κ1) is 16.1. The first-order valence-corrected chi connectivity index (χ1v) is 8.10. The molecule has 0 spiro atoms. The van der Waals surface area contributed by atoms with E-state index in [0.29, 0.717) is 5.92 Å². The lowest BCUT2D eigenvalue weighted by Crippen LogP contribution is -2.11. The first-order chi connectivity index (χ1) is 9.88. The van der Waals surface area contributed by atoms with E-state index in [1.54, 1.807) is 0 Å². The maximum Gasteiger partial charge on any atom is 0.210 e. The third-order valence-electron chi connectivity index (χ3n) is 3.29. The molecule has 2 aromatic rings. The maximum absolute atomic E-state index is 12.1. The van der Waals surface area contributed by atoms with Crippen LogP contribution in [0.1, 0.15) is 45.4 Å². The number of halogens is 1. The van der Waals surface area contributed by atoms with E-state index in [4.69, 9.17) is 16.3 Å². The molecule has 0 fully saturated rings. The molecule has 0 aliphatic carbocycles. The topological polar surface area (TPSA) is 26.3 Å². The predicted molar refractivity (Wildman–Crippen MR) is 89.2 cm³/mol. The monoisotopic (exact) mass is 322 g/mol. The van der Waals surface area contributed by atoms with Gasteiger partial charge in [-0.1, -0.05) is 25.4 Å². The van der Waals surface area contributed by atoms with Gasteiger partial charge in [0.1, 0.15) is 5.75 Å². The molecule has 1 aromatic carbocycles. The Hall–Kier alpha value is -1.32. The molecule has 1 aromatic heterocycles. The van der Waals surface area contributed by atoms with Gasteiger partial charge in [-0.15, -0.1) is 11.3 Å². The smallest absolute Gasteiger partial charge is 0.210 e. The molecule has 1 heterocycles. The quantitative estimate of drug-likeness (QED) is 0.688. The Balaban J connectivity index is 2.13. The van der Waals surface area contributed by atoms with Gasteiger partial charge in [0.05, 0.1) is 4.88 Å². The second kappa shape index (κ2) is 6.63. The van der Waals surface area contributed by atoms with Crippen LogP contribution >= 0.6 is 22.9 Å². The van der Waals surface area contributed by atoms with E-state index < -0.39 is 0 Å². The van der Waals surface area contributed by atoms with Crippen LogP contribution in [0.4, 0.5) is 0 Å². The standard InChI is InChI=1S/C17H19ClO2S/c1-10(2)13-8-16(11(3)7-14(13)18)20-9-15(19)17-6-5-12(4)21-17/h5-8,10H,9H2,1-4H3.